The monoisotopic (exact) mass is 450 g/mol. The van der Waals surface area contributed by atoms with Crippen molar-refractivity contribution in [3.05, 3.63) is 59.7 Å². The second-order valence-corrected chi connectivity index (χ2v) is 8.62. The lowest BCUT2D eigenvalue weighted by Crippen LogP contribution is -2.80. The third-order valence-electron chi connectivity index (χ3n) is 6.32. The SMILES string of the molecule is CCCOc1cc(C(F)(F)F)ccc1OC1CC[N+]2(Cc3ccccc3)C(=O)OC2(C)C1. The van der Waals surface area contributed by atoms with Crippen LogP contribution in [0.15, 0.2) is 48.5 Å². The van der Waals surface area contributed by atoms with Gasteiger partial charge in [-0.15, -0.1) is 0 Å². The lowest BCUT2D eigenvalue weighted by Gasteiger charge is -2.57. The summed E-state index contributed by atoms with van der Waals surface area (Å²) in [4.78, 5) is 12.5. The van der Waals surface area contributed by atoms with Gasteiger partial charge in [0.15, 0.2) is 11.5 Å². The Morgan fingerprint density at radius 3 is 2.53 bits per heavy atom. The molecule has 4 rings (SSSR count). The average molecular weight is 450 g/mol. The molecular weight excluding hydrogens is 423 g/mol. The molecule has 0 N–H and O–H groups in total. The van der Waals surface area contributed by atoms with E-state index in [1.807, 2.05) is 44.2 Å². The first-order valence-corrected chi connectivity index (χ1v) is 10.8. The van der Waals surface area contributed by atoms with Crippen LogP contribution < -0.4 is 9.47 Å². The number of hydrogen-bond acceptors (Lipinski definition) is 4. The van der Waals surface area contributed by atoms with Crippen molar-refractivity contribution in [2.45, 2.75) is 57.7 Å². The third-order valence-corrected chi connectivity index (χ3v) is 6.32. The maximum Gasteiger partial charge on any atom is 0.524 e. The molecular formula is C24H27F3NO4+. The van der Waals surface area contributed by atoms with E-state index in [0.29, 0.717) is 32.4 Å². The van der Waals surface area contributed by atoms with Gasteiger partial charge in [0.2, 0.25) is 0 Å². The number of quaternary nitrogens is 1. The molecule has 2 fully saturated rings. The Balaban J connectivity index is 1.52. The lowest BCUT2D eigenvalue weighted by molar-refractivity contribution is -0.997. The van der Waals surface area contributed by atoms with Crippen molar-refractivity contribution in [3.8, 4) is 11.5 Å². The normalized spacial score (nSPS) is 27.2. The maximum absolute atomic E-state index is 13.1. The number of nitrogens with zero attached hydrogens (tertiary/aromatic N) is 1. The average Bonchev–Trinajstić information content (AvgIpc) is 2.74. The highest BCUT2D eigenvalue weighted by Crippen LogP contribution is 2.48. The molecule has 0 aromatic heterocycles. The summed E-state index contributed by atoms with van der Waals surface area (Å²) in [6, 6.07) is 13.1. The molecule has 2 aromatic rings. The number of benzene rings is 2. The van der Waals surface area contributed by atoms with E-state index in [2.05, 4.69) is 0 Å². The largest absolute Gasteiger partial charge is 0.524 e. The van der Waals surface area contributed by atoms with Crippen LogP contribution in [0.4, 0.5) is 18.0 Å². The Bertz CT molecular complexity index is 981. The van der Waals surface area contributed by atoms with Crippen molar-refractivity contribution < 1.29 is 36.7 Å². The van der Waals surface area contributed by atoms with Gasteiger partial charge in [0, 0.05) is 18.9 Å². The smallest absolute Gasteiger partial charge is 0.490 e. The second kappa shape index (κ2) is 8.31. The fourth-order valence-corrected chi connectivity index (χ4v) is 4.54. The maximum atomic E-state index is 13.1. The molecule has 0 radical (unpaired) electrons. The highest BCUT2D eigenvalue weighted by atomic mass is 19.4. The molecule has 2 heterocycles. The van der Waals surface area contributed by atoms with E-state index in [4.69, 9.17) is 14.2 Å². The summed E-state index contributed by atoms with van der Waals surface area (Å²) in [6.45, 7) is 5.13. The number of carbonyl (C=O) groups excluding carboxylic acids is 1. The van der Waals surface area contributed by atoms with Crippen molar-refractivity contribution in [3.63, 3.8) is 0 Å². The number of alkyl halides is 3. The van der Waals surface area contributed by atoms with E-state index in [1.54, 1.807) is 0 Å². The van der Waals surface area contributed by atoms with Crippen molar-refractivity contribution in [1.82, 2.24) is 0 Å². The fraction of sp³-hybridized carbons (Fsp3) is 0.458. The quantitative estimate of drug-likeness (QED) is 0.492. The predicted molar refractivity (Wildman–Crippen MR) is 111 cm³/mol. The molecule has 0 saturated carbocycles. The first-order valence-electron chi connectivity index (χ1n) is 10.8. The number of halogens is 3. The summed E-state index contributed by atoms with van der Waals surface area (Å²) in [5, 5.41) is 0. The molecule has 2 aromatic carbocycles. The van der Waals surface area contributed by atoms with Gasteiger partial charge in [-0.2, -0.15) is 22.4 Å². The molecule has 0 spiro atoms. The van der Waals surface area contributed by atoms with Crippen LogP contribution in [-0.2, 0) is 17.5 Å². The summed E-state index contributed by atoms with van der Waals surface area (Å²) in [7, 11) is 0. The Labute approximate surface area is 185 Å². The Hall–Kier alpha value is -2.74. The summed E-state index contributed by atoms with van der Waals surface area (Å²) >= 11 is 0. The number of carbonyl (C=O) groups is 1. The molecule has 2 saturated heterocycles. The molecule has 3 atom stereocenters. The molecule has 5 nitrogen and oxygen atoms in total. The molecule has 0 bridgehead atoms. The zero-order chi connectivity index (χ0) is 23.0. The van der Waals surface area contributed by atoms with Gasteiger partial charge in [-0.25, -0.2) is 0 Å². The van der Waals surface area contributed by atoms with E-state index in [-0.39, 0.29) is 34.8 Å². The number of rotatable bonds is 7. The Morgan fingerprint density at radius 1 is 1.16 bits per heavy atom. The van der Waals surface area contributed by atoms with Crippen LogP contribution in [0.3, 0.4) is 0 Å². The van der Waals surface area contributed by atoms with Gasteiger partial charge < -0.3 is 14.2 Å². The minimum Gasteiger partial charge on any atom is -0.490 e. The second-order valence-electron chi connectivity index (χ2n) is 8.62. The van der Waals surface area contributed by atoms with E-state index >= 15 is 0 Å². The van der Waals surface area contributed by atoms with Gasteiger partial charge in [0.1, 0.15) is 12.6 Å². The topological polar surface area (TPSA) is 44.8 Å². The van der Waals surface area contributed by atoms with Crippen LogP contribution in [0.5, 0.6) is 11.5 Å². The van der Waals surface area contributed by atoms with Crippen molar-refractivity contribution in [1.29, 1.82) is 0 Å². The van der Waals surface area contributed by atoms with Crippen LogP contribution >= 0.6 is 0 Å². The Kier molecular flexibility index (Phi) is 5.83. The van der Waals surface area contributed by atoms with Gasteiger partial charge in [0.25, 0.3) is 5.72 Å². The molecule has 32 heavy (non-hydrogen) atoms. The van der Waals surface area contributed by atoms with Crippen molar-refractivity contribution in [2.24, 2.45) is 0 Å². The van der Waals surface area contributed by atoms with Crippen LogP contribution in [0.2, 0.25) is 0 Å². The number of hydrogen-bond donors (Lipinski definition) is 0. The highest BCUT2D eigenvalue weighted by Gasteiger charge is 2.70. The van der Waals surface area contributed by atoms with E-state index < -0.39 is 17.5 Å². The lowest BCUT2D eigenvalue weighted by atomic mass is 9.90. The van der Waals surface area contributed by atoms with E-state index in [9.17, 15) is 18.0 Å². The van der Waals surface area contributed by atoms with Gasteiger partial charge in [-0.3, -0.25) is 0 Å². The van der Waals surface area contributed by atoms with Crippen LogP contribution in [0.1, 0.15) is 44.2 Å². The molecule has 2 aliphatic heterocycles. The summed E-state index contributed by atoms with van der Waals surface area (Å²) in [6.07, 6.45) is -3.35. The van der Waals surface area contributed by atoms with Crippen LogP contribution in [0, 0.1) is 0 Å². The van der Waals surface area contributed by atoms with Gasteiger partial charge in [-0.1, -0.05) is 37.3 Å². The zero-order valence-corrected chi connectivity index (χ0v) is 18.2. The standard InChI is InChI=1S/C24H27F3NO4/c1-3-13-30-21-14-18(24(25,26)27)9-10-20(21)31-19-11-12-28(16-17-7-5-4-6-8-17)22(29)32-23(28,2)15-19/h4-10,14,19H,3,11-13,15-16H2,1-2H3/q+1. The summed E-state index contributed by atoms with van der Waals surface area (Å²) in [5.41, 5.74) is -0.475. The van der Waals surface area contributed by atoms with Gasteiger partial charge >= 0.3 is 12.3 Å². The highest BCUT2D eigenvalue weighted by molar-refractivity contribution is 5.65. The van der Waals surface area contributed by atoms with E-state index in [1.165, 1.54) is 6.07 Å². The molecule has 2 aliphatic rings. The van der Waals surface area contributed by atoms with Crippen molar-refractivity contribution in [2.75, 3.05) is 13.2 Å². The van der Waals surface area contributed by atoms with Crippen LogP contribution in [-0.4, -0.2) is 35.6 Å². The predicted octanol–water partition coefficient (Wildman–Crippen LogP) is 5.92. The van der Waals surface area contributed by atoms with Crippen molar-refractivity contribution >= 4 is 6.09 Å². The third kappa shape index (κ3) is 4.03. The van der Waals surface area contributed by atoms with Gasteiger partial charge in [0.05, 0.1) is 25.1 Å². The van der Waals surface area contributed by atoms with E-state index in [0.717, 1.165) is 17.7 Å². The molecule has 0 aliphatic carbocycles. The van der Waals surface area contributed by atoms with Crippen LogP contribution in [0.25, 0.3) is 0 Å². The number of fused-ring (bicyclic) bond motifs is 1. The molecule has 3 unspecified atom stereocenters. The number of ether oxygens (including phenoxy) is 3. The Morgan fingerprint density at radius 2 is 1.91 bits per heavy atom. The fourth-order valence-electron chi connectivity index (χ4n) is 4.54. The summed E-state index contributed by atoms with van der Waals surface area (Å²) < 4.78 is 56.9. The summed E-state index contributed by atoms with van der Waals surface area (Å²) in [5.74, 6) is 0.349. The number of amides is 1. The minimum absolute atomic E-state index is 0.0769. The minimum atomic E-state index is -4.46. The first-order chi connectivity index (χ1) is 15.2. The first kappa shape index (κ1) is 22.5. The van der Waals surface area contributed by atoms with Gasteiger partial charge in [-0.05, 0) is 24.6 Å². The number of piperidine rings is 1. The zero-order valence-electron chi connectivity index (χ0n) is 18.2. The molecule has 1 amide bonds. The molecule has 172 valence electrons. The molecule has 8 heteroatoms.